The number of halogens is 1. The van der Waals surface area contributed by atoms with Gasteiger partial charge in [0.2, 0.25) is 0 Å². The molecule has 1 aliphatic carbocycles. The molecule has 1 saturated heterocycles. The molecular formula is C27H34FN7O. The summed E-state index contributed by atoms with van der Waals surface area (Å²) in [4.78, 5) is 19.4. The highest BCUT2D eigenvalue weighted by Gasteiger charge is 2.28. The molecule has 0 spiro atoms. The van der Waals surface area contributed by atoms with Crippen molar-refractivity contribution in [2.45, 2.75) is 64.6 Å². The van der Waals surface area contributed by atoms with Gasteiger partial charge in [-0.1, -0.05) is 0 Å². The predicted molar refractivity (Wildman–Crippen MR) is 140 cm³/mol. The molecule has 9 heteroatoms. The van der Waals surface area contributed by atoms with Crippen molar-refractivity contribution in [3.8, 4) is 11.1 Å². The number of fused-ring (bicyclic) bond motifs is 2. The first-order valence-electron chi connectivity index (χ1n) is 13.1. The van der Waals surface area contributed by atoms with Crippen molar-refractivity contribution in [2.24, 2.45) is 0 Å². The molecule has 2 fully saturated rings. The number of imidazole rings is 1. The van der Waals surface area contributed by atoms with Crippen molar-refractivity contribution in [3.05, 3.63) is 36.3 Å². The van der Waals surface area contributed by atoms with E-state index in [-0.39, 0.29) is 11.9 Å². The molecule has 2 aliphatic rings. The summed E-state index contributed by atoms with van der Waals surface area (Å²) in [5.41, 5.74) is 3.65. The second kappa shape index (κ2) is 9.44. The van der Waals surface area contributed by atoms with Crippen LogP contribution < -0.4 is 5.32 Å². The van der Waals surface area contributed by atoms with Gasteiger partial charge in [0.25, 0.3) is 0 Å². The minimum Gasteiger partial charge on any atom is -0.379 e. The number of hydrogen-bond acceptors (Lipinski definition) is 6. The van der Waals surface area contributed by atoms with Crippen LogP contribution in [0.2, 0.25) is 0 Å². The Hall–Kier alpha value is -3.04. The summed E-state index contributed by atoms with van der Waals surface area (Å²) in [6.45, 7) is 9.88. The lowest BCUT2D eigenvalue weighted by Crippen LogP contribution is -2.46. The molecule has 1 aromatic carbocycles. The standard InChI is InChI=1S/C27H34FN7O/c1-16(2)35-17(3)32-25-22(28)12-18(13-23(25)35)21-14-29-26-24(21)27(31-15-30-26)33-19-4-6-20(7-5-19)34-8-10-36-11-9-34/h12-16,19-20H,4-11H2,1-3H3,(H2,29,30,31,33)/t19-,20-. The van der Waals surface area contributed by atoms with Crippen LogP contribution in [-0.4, -0.2) is 67.8 Å². The Kier molecular flexibility index (Phi) is 6.13. The molecule has 4 heterocycles. The van der Waals surface area contributed by atoms with Crippen LogP contribution in [0.25, 0.3) is 33.2 Å². The lowest BCUT2D eigenvalue weighted by atomic mass is 9.90. The fourth-order valence-electron chi connectivity index (χ4n) is 6.10. The van der Waals surface area contributed by atoms with Gasteiger partial charge in [0, 0.05) is 43.0 Å². The summed E-state index contributed by atoms with van der Waals surface area (Å²) in [5, 5.41) is 4.61. The third kappa shape index (κ3) is 4.14. The van der Waals surface area contributed by atoms with Crippen LogP contribution in [0.5, 0.6) is 0 Å². The molecular weight excluding hydrogens is 457 g/mol. The zero-order valence-corrected chi connectivity index (χ0v) is 21.2. The Morgan fingerprint density at radius 3 is 2.64 bits per heavy atom. The molecule has 190 valence electrons. The van der Waals surface area contributed by atoms with Crippen molar-refractivity contribution >= 4 is 27.9 Å². The topological polar surface area (TPSA) is 83.9 Å². The molecule has 3 aromatic heterocycles. The van der Waals surface area contributed by atoms with Crippen LogP contribution in [0.1, 0.15) is 51.4 Å². The number of aromatic nitrogens is 5. The number of anilines is 1. The van der Waals surface area contributed by atoms with Gasteiger partial charge in [-0.2, -0.15) is 0 Å². The van der Waals surface area contributed by atoms with Crippen molar-refractivity contribution < 1.29 is 9.13 Å². The zero-order chi connectivity index (χ0) is 24.8. The van der Waals surface area contributed by atoms with E-state index >= 15 is 4.39 Å². The average molecular weight is 492 g/mol. The van der Waals surface area contributed by atoms with Gasteiger partial charge in [-0.05, 0) is 64.2 Å². The van der Waals surface area contributed by atoms with E-state index in [1.807, 2.05) is 19.2 Å². The Morgan fingerprint density at radius 1 is 1.11 bits per heavy atom. The third-order valence-electron chi connectivity index (χ3n) is 7.82. The Balaban J connectivity index is 1.30. The van der Waals surface area contributed by atoms with E-state index in [2.05, 4.69) is 48.6 Å². The number of benzene rings is 1. The maximum atomic E-state index is 15.2. The highest BCUT2D eigenvalue weighted by atomic mass is 19.1. The zero-order valence-electron chi connectivity index (χ0n) is 21.2. The van der Waals surface area contributed by atoms with Gasteiger partial charge in [-0.25, -0.2) is 19.3 Å². The van der Waals surface area contributed by atoms with E-state index in [1.54, 1.807) is 12.4 Å². The smallest absolute Gasteiger partial charge is 0.151 e. The summed E-state index contributed by atoms with van der Waals surface area (Å²) in [7, 11) is 0. The Morgan fingerprint density at radius 2 is 1.89 bits per heavy atom. The summed E-state index contributed by atoms with van der Waals surface area (Å²) in [6.07, 6.45) is 8.04. The van der Waals surface area contributed by atoms with Gasteiger partial charge >= 0.3 is 0 Å². The highest BCUT2D eigenvalue weighted by molar-refractivity contribution is 6.02. The lowest BCUT2D eigenvalue weighted by Gasteiger charge is -2.39. The lowest BCUT2D eigenvalue weighted by molar-refractivity contribution is 0.00791. The predicted octanol–water partition coefficient (Wildman–Crippen LogP) is 5.06. The molecule has 2 N–H and O–H groups in total. The molecule has 0 radical (unpaired) electrons. The van der Waals surface area contributed by atoms with E-state index < -0.39 is 0 Å². The van der Waals surface area contributed by atoms with Crippen LogP contribution in [0.4, 0.5) is 10.2 Å². The van der Waals surface area contributed by atoms with Gasteiger partial charge in [0.05, 0.1) is 24.1 Å². The molecule has 36 heavy (non-hydrogen) atoms. The SMILES string of the molecule is Cc1nc2c(F)cc(-c3c[nH]c4ncnc(N[C@H]5CC[C@H](N6CCOCC6)CC5)c34)cc2n1C(C)C. The van der Waals surface area contributed by atoms with E-state index in [0.29, 0.717) is 17.6 Å². The minimum absolute atomic E-state index is 0.181. The first-order chi connectivity index (χ1) is 17.5. The molecule has 0 atom stereocenters. The van der Waals surface area contributed by atoms with Crippen LogP contribution in [-0.2, 0) is 4.74 Å². The molecule has 0 unspecified atom stereocenters. The highest BCUT2D eigenvalue weighted by Crippen LogP contribution is 2.36. The van der Waals surface area contributed by atoms with E-state index in [1.165, 1.54) is 12.8 Å². The van der Waals surface area contributed by atoms with Gasteiger partial charge in [-0.15, -0.1) is 0 Å². The van der Waals surface area contributed by atoms with E-state index in [0.717, 1.165) is 78.5 Å². The van der Waals surface area contributed by atoms with Crippen molar-refractivity contribution in [3.63, 3.8) is 0 Å². The number of ether oxygens (including phenoxy) is 1. The molecule has 4 aromatic rings. The van der Waals surface area contributed by atoms with Crippen LogP contribution in [0, 0.1) is 12.7 Å². The maximum absolute atomic E-state index is 15.2. The van der Waals surface area contributed by atoms with Gasteiger partial charge in [0.15, 0.2) is 5.82 Å². The molecule has 6 rings (SSSR count). The second-order valence-corrected chi connectivity index (χ2v) is 10.4. The fraction of sp³-hybridized carbons (Fsp3) is 0.519. The number of morpholine rings is 1. The van der Waals surface area contributed by atoms with Gasteiger partial charge in [0.1, 0.15) is 29.1 Å². The second-order valence-electron chi connectivity index (χ2n) is 10.4. The number of nitrogens with zero attached hydrogens (tertiary/aromatic N) is 5. The summed E-state index contributed by atoms with van der Waals surface area (Å²) in [5.74, 6) is 1.31. The number of aryl methyl sites for hydroxylation is 1. The van der Waals surface area contributed by atoms with Gasteiger partial charge in [-0.3, -0.25) is 4.90 Å². The first kappa shape index (κ1) is 23.4. The quantitative estimate of drug-likeness (QED) is 0.406. The minimum atomic E-state index is -0.313. The summed E-state index contributed by atoms with van der Waals surface area (Å²) in [6, 6.07) is 4.79. The number of nitrogens with one attached hydrogen (secondary N) is 2. The van der Waals surface area contributed by atoms with Crippen LogP contribution in [0.15, 0.2) is 24.7 Å². The fourth-order valence-corrected chi connectivity index (χ4v) is 6.10. The maximum Gasteiger partial charge on any atom is 0.151 e. The molecule has 8 nitrogen and oxygen atoms in total. The molecule has 1 aliphatic heterocycles. The Labute approximate surface area is 210 Å². The van der Waals surface area contributed by atoms with Crippen molar-refractivity contribution in [1.29, 1.82) is 0 Å². The number of hydrogen-bond donors (Lipinski definition) is 2. The normalized spacial score (nSPS) is 21.6. The summed E-state index contributed by atoms with van der Waals surface area (Å²) < 4.78 is 22.8. The molecule has 1 saturated carbocycles. The molecule has 0 amide bonds. The summed E-state index contributed by atoms with van der Waals surface area (Å²) >= 11 is 0. The van der Waals surface area contributed by atoms with Gasteiger partial charge < -0.3 is 19.6 Å². The van der Waals surface area contributed by atoms with Crippen LogP contribution >= 0.6 is 0 Å². The van der Waals surface area contributed by atoms with Crippen molar-refractivity contribution in [1.82, 2.24) is 29.4 Å². The largest absolute Gasteiger partial charge is 0.379 e. The number of rotatable bonds is 5. The van der Waals surface area contributed by atoms with E-state index in [4.69, 9.17) is 4.74 Å². The van der Waals surface area contributed by atoms with E-state index in [9.17, 15) is 0 Å². The monoisotopic (exact) mass is 491 g/mol. The van der Waals surface area contributed by atoms with Crippen LogP contribution in [0.3, 0.4) is 0 Å². The average Bonchev–Trinajstić information content (AvgIpc) is 3.47. The number of aromatic amines is 1. The van der Waals surface area contributed by atoms with Crippen molar-refractivity contribution in [2.75, 3.05) is 31.6 Å². The Bertz CT molecular complexity index is 1380. The number of H-pyrrole nitrogens is 1. The first-order valence-corrected chi connectivity index (χ1v) is 13.1. The third-order valence-corrected chi connectivity index (χ3v) is 7.82. The molecule has 0 bridgehead atoms.